The van der Waals surface area contributed by atoms with E-state index < -0.39 is 0 Å². The molecule has 0 aliphatic heterocycles. The van der Waals surface area contributed by atoms with Crippen molar-refractivity contribution in [1.82, 2.24) is 15.0 Å². The average molecular weight is 188 g/mol. The van der Waals surface area contributed by atoms with Crippen LogP contribution in [0.1, 0.15) is 12.5 Å². The first-order chi connectivity index (χ1) is 6.81. The van der Waals surface area contributed by atoms with Crippen LogP contribution < -0.4 is 5.73 Å². The molecule has 1 aromatic heterocycles. The molecular weight excluding hydrogens is 176 g/mol. The first-order valence-electron chi connectivity index (χ1n) is 4.57. The van der Waals surface area contributed by atoms with Gasteiger partial charge in [-0.1, -0.05) is 25.1 Å². The molecule has 4 nitrogen and oxygen atoms in total. The van der Waals surface area contributed by atoms with Crippen molar-refractivity contribution in [1.29, 1.82) is 0 Å². The topological polar surface area (TPSA) is 56.7 Å². The van der Waals surface area contributed by atoms with Crippen LogP contribution in [0.3, 0.4) is 0 Å². The summed E-state index contributed by atoms with van der Waals surface area (Å²) in [7, 11) is 0. The number of hydrogen-bond donors (Lipinski definition) is 1. The van der Waals surface area contributed by atoms with Crippen LogP contribution >= 0.6 is 0 Å². The molecule has 0 saturated carbocycles. The second-order valence-electron chi connectivity index (χ2n) is 3.04. The monoisotopic (exact) mass is 188 g/mol. The molecule has 0 aliphatic rings. The third-order valence-electron chi connectivity index (χ3n) is 2.10. The molecule has 1 aromatic carbocycles. The number of benzene rings is 1. The van der Waals surface area contributed by atoms with E-state index in [0.717, 1.165) is 12.1 Å². The normalized spacial score (nSPS) is 10.4. The quantitative estimate of drug-likeness (QED) is 0.775. The maximum absolute atomic E-state index is 5.51. The van der Waals surface area contributed by atoms with Gasteiger partial charge in [-0.15, -0.1) is 9.90 Å². The van der Waals surface area contributed by atoms with E-state index in [1.54, 1.807) is 11.0 Å². The van der Waals surface area contributed by atoms with Crippen molar-refractivity contribution in [3.8, 4) is 5.69 Å². The summed E-state index contributed by atoms with van der Waals surface area (Å²) in [5.74, 6) is 0.441. The van der Waals surface area contributed by atoms with E-state index in [-0.39, 0.29) is 0 Å². The second kappa shape index (κ2) is 3.49. The minimum absolute atomic E-state index is 0.441. The average Bonchev–Trinajstić information content (AvgIpc) is 2.65. The molecule has 0 fully saturated rings. The van der Waals surface area contributed by atoms with Gasteiger partial charge in [0.1, 0.15) is 0 Å². The number of nitrogens with two attached hydrogens (primary N) is 1. The maximum atomic E-state index is 5.51. The Morgan fingerprint density at radius 3 is 2.79 bits per heavy atom. The van der Waals surface area contributed by atoms with Crippen molar-refractivity contribution in [2.45, 2.75) is 13.3 Å². The van der Waals surface area contributed by atoms with Crippen LogP contribution in [0.25, 0.3) is 5.69 Å². The van der Waals surface area contributed by atoms with Gasteiger partial charge in [0.25, 0.3) is 0 Å². The lowest BCUT2D eigenvalue weighted by Gasteiger charge is -2.04. The smallest absolute Gasteiger partial charge is 0.166 e. The Labute approximate surface area is 82.4 Å². The number of nitrogen functional groups attached to an aromatic ring is 1. The second-order valence-corrected chi connectivity index (χ2v) is 3.04. The van der Waals surface area contributed by atoms with E-state index in [1.165, 1.54) is 5.56 Å². The molecule has 0 amide bonds. The Balaban J connectivity index is 2.50. The van der Waals surface area contributed by atoms with Crippen LogP contribution in [0.5, 0.6) is 0 Å². The van der Waals surface area contributed by atoms with Crippen LogP contribution in [-0.2, 0) is 6.42 Å². The first kappa shape index (κ1) is 8.74. The van der Waals surface area contributed by atoms with Crippen molar-refractivity contribution in [3.63, 3.8) is 0 Å². The maximum Gasteiger partial charge on any atom is 0.166 e. The summed E-state index contributed by atoms with van der Waals surface area (Å²) in [4.78, 5) is 1.56. The van der Waals surface area contributed by atoms with Crippen LogP contribution in [0.2, 0.25) is 0 Å². The van der Waals surface area contributed by atoms with Crippen molar-refractivity contribution >= 4 is 5.82 Å². The standard InChI is InChI=1S/C10H12N4/c1-2-8-5-3-4-6-9(8)14-12-7-10(11)13-14/h3-7H,2H2,1H3,(H2,11,13). The number of para-hydroxylation sites is 1. The van der Waals surface area contributed by atoms with E-state index in [1.807, 2.05) is 18.2 Å². The first-order valence-corrected chi connectivity index (χ1v) is 4.57. The molecule has 14 heavy (non-hydrogen) atoms. The molecule has 72 valence electrons. The molecule has 2 aromatic rings. The molecule has 2 rings (SSSR count). The highest BCUT2D eigenvalue weighted by Gasteiger charge is 2.03. The van der Waals surface area contributed by atoms with E-state index in [0.29, 0.717) is 5.82 Å². The molecule has 0 spiro atoms. The Morgan fingerprint density at radius 1 is 1.36 bits per heavy atom. The van der Waals surface area contributed by atoms with Crippen LogP contribution in [0, 0.1) is 0 Å². The molecule has 0 unspecified atom stereocenters. The Bertz CT molecular complexity index is 433. The van der Waals surface area contributed by atoms with E-state index in [2.05, 4.69) is 23.2 Å². The van der Waals surface area contributed by atoms with E-state index in [4.69, 9.17) is 5.73 Å². The van der Waals surface area contributed by atoms with Crippen molar-refractivity contribution < 1.29 is 0 Å². The zero-order chi connectivity index (χ0) is 9.97. The van der Waals surface area contributed by atoms with E-state index in [9.17, 15) is 0 Å². The Morgan fingerprint density at radius 2 is 2.14 bits per heavy atom. The van der Waals surface area contributed by atoms with Gasteiger partial charge in [-0.3, -0.25) is 0 Å². The van der Waals surface area contributed by atoms with Crippen molar-refractivity contribution in [2.24, 2.45) is 0 Å². The molecule has 0 aliphatic carbocycles. The third kappa shape index (κ3) is 1.46. The Hall–Kier alpha value is -1.84. The molecular formula is C10H12N4. The highest BCUT2D eigenvalue weighted by atomic mass is 15.5. The van der Waals surface area contributed by atoms with Gasteiger partial charge in [0.05, 0.1) is 11.9 Å². The summed E-state index contributed by atoms with van der Waals surface area (Å²) in [5.41, 5.74) is 7.72. The molecule has 0 bridgehead atoms. The van der Waals surface area contributed by atoms with Crippen LogP contribution in [0.4, 0.5) is 5.82 Å². The van der Waals surface area contributed by atoms with Gasteiger partial charge in [0, 0.05) is 0 Å². The minimum atomic E-state index is 0.441. The van der Waals surface area contributed by atoms with Gasteiger partial charge >= 0.3 is 0 Å². The predicted octanol–water partition coefficient (Wildman–Crippen LogP) is 1.41. The SMILES string of the molecule is CCc1ccccc1-n1ncc(N)n1. The van der Waals surface area contributed by atoms with Gasteiger partial charge in [0.15, 0.2) is 5.82 Å². The Kier molecular flexibility index (Phi) is 2.18. The van der Waals surface area contributed by atoms with Gasteiger partial charge < -0.3 is 5.73 Å². The molecule has 1 heterocycles. The predicted molar refractivity (Wildman–Crippen MR) is 55.1 cm³/mol. The lowest BCUT2D eigenvalue weighted by atomic mass is 10.1. The van der Waals surface area contributed by atoms with Gasteiger partial charge in [-0.2, -0.15) is 5.10 Å². The molecule has 0 atom stereocenters. The number of aryl methyl sites for hydroxylation is 1. The fourth-order valence-corrected chi connectivity index (χ4v) is 1.40. The largest absolute Gasteiger partial charge is 0.381 e. The lowest BCUT2D eigenvalue weighted by molar-refractivity contribution is 0.745. The van der Waals surface area contributed by atoms with Crippen molar-refractivity contribution in [3.05, 3.63) is 36.0 Å². The number of anilines is 1. The number of rotatable bonds is 2. The van der Waals surface area contributed by atoms with E-state index >= 15 is 0 Å². The number of hydrogen-bond acceptors (Lipinski definition) is 3. The van der Waals surface area contributed by atoms with Crippen LogP contribution in [-0.4, -0.2) is 15.0 Å². The number of nitrogens with zero attached hydrogens (tertiary/aromatic N) is 3. The zero-order valence-corrected chi connectivity index (χ0v) is 8.01. The lowest BCUT2D eigenvalue weighted by Crippen LogP contribution is -2.02. The van der Waals surface area contributed by atoms with Gasteiger partial charge in [0.2, 0.25) is 0 Å². The highest BCUT2D eigenvalue weighted by Crippen LogP contribution is 2.13. The van der Waals surface area contributed by atoms with Crippen molar-refractivity contribution in [2.75, 3.05) is 5.73 Å². The molecule has 0 radical (unpaired) electrons. The highest BCUT2D eigenvalue weighted by molar-refractivity contribution is 5.40. The summed E-state index contributed by atoms with van der Waals surface area (Å²) in [6.07, 6.45) is 2.50. The fourth-order valence-electron chi connectivity index (χ4n) is 1.40. The van der Waals surface area contributed by atoms with Gasteiger partial charge in [-0.25, -0.2) is 0 Å². The fraction of sp³-hybridized carbons (Fsp3) is 0.200. The third-order valence-corrected chi connectivity index (χ3v) is 2.10. The number of aromatic nitrogens is 3. The molecule has 2 N–H and O–H groups in total. The summed E-state index contributed by atoms with van der Waals surface area (Å²) < 4.78 is 0. The summed E-state index contributed by atoms with van der Waals surface area (Å²) in [5, 5.41) is 8.15. The molecule has 0 saturated heterocycles. The van der Waals surface area contributed by atoms with Gasteiger partial charge in [-0.05, 0) is 18.1 Å². The summed E-state index contributed by atoms with van der Waals surface area (Å²) in [6, 6.07) is 8.02. The summed E-state index contributed by atoms with van der Waals surface area (Å²) >= 11 is 0. The summed E-state index contributed by atoms with van der Waals surface area (Å²) in [6.45, 7) is 2.10. The van der Waals surface area contributed by atoms with Crippen LogP contribution in [0.15, 0.2) is 30.5 Å². The zero-order valence-electron chi connectivity index (χ0n) is 8.01. The molecule has 4 heteroatoms. The minimum Gasteiger partial charge on any atom is -0.381 e.